The number of carbonyl (C=O) groups excluding carboxylic acids is 2. The zero-order chi connectivity index (χ0) is 19.0. The van der Waals surface area contributed by atoms with Crippen LogP contribution in [0.1, 0.15) is 11.1 Å². The van der Waals surface area contributed by atoms with E-state index in [1.807, 2.05) is 0 Å². The van der Waals surface area contributed by atoms with Crippen LogP contribution in [0.2, 0.25) is 5.02 Å². The summed E-state index contributed by atoms with van der Waals surface area (Å²) in [5.41, 5.74) is 3.15. The topological polar surface area (TPSA) is 113 Å². The van der Waals surface area contributed by atoms with E-state index in [4.69, 9.17) is 11.6 Å². The third kappa shape index (κ3) is 3.09. The van der Waals surface area contributed by atoms with Crippen LogP contribution in [0.4, 0.5) is 11.4 Å². The molecule has 0 aromatic heterocycles. The Balaban J connectivity index is 1.96. The van der Waals surface area contributed by atoms with Gasteiger partial charge < -0.3 is 5.11 Å². The van der Waals surface area contributed by atoms with Crippen molar-refractivity contribution in [3.05, 3.63) is 68.2 Å². The summed E-state index contributed by atoms with van der Waals surface area (Å²) in [6, 6.07) is 8.45. The van der Waals surface area contributed by atoms with E-state index in [1.54, 1.807) is 25.1 Å². The Morgan fingerprint density at radius 3 is 2.62 bits per heavy atom. The third-order valence-corrected chi connectivity index (χ3v) is 4.22. The molecule has 0 spiro atoms. The lowest BCUT2D eigenvalue weighted by atomic mass is 10.1. The number of rotatable bonds is 3. The molecule has 0 unspecified atom stereocenters. The Bertz CT molecular complexity index is 986. The van der Waals surface area contributed by atoms with Crippen molar-refractivity contribution in [2.75, 3.05) is 5.01 Å². The van der Waals surface area contributed by atoms with Crippen LogP contribution in [0.3, 0.4) is 0 Å². The van der Waals surface area contributed by atoms with E-state index in [9.17, 15) is 24.8 Å². The monoisotopic (exact) mass is 373 g/mol. The van der Waals surface area contributed by atoms with Crippen molar-refractivity contribution in [2.24, 2.45) is 0 Å². The number of nitro benzene ring substituents is 1. The predicted molar refractivity (Wildman–Crippen MR) is 94.6 cm³/mol. The molecule has 1 saturated heterocycles. The van der Waals surface area contributed by atoms with Crippen molar-refractivity contribution in [2.45, 2.75) is 6.92 Å². The second-order valence-electron chi connectivity index (χ2n) is 5.58. The summed E-state index contributed by atoms with van der Waals surface area (Å²) in [7, 11) is 0. The molecule has 0 atom stereocenters. The highest BCUT2D eigenvalue weighted by atomic mass is 35.5. The highest BCUT2D eigenvalue weighted by molar-refractivity contribution is 6.33. The molecule has 1 fully saturated rings. The molecule has 1 aliphatic heterocycles. The van der Waals surface area contributed by atoms with E-state index in [1.165, 1.54) is 12.1 Å². The van der Waals surface area contributed by atoms with Gasteiger partial charge in [0.1, 0.15) is 5.57 Å². The van der Waals surface area contributed by atoms with Crippen molar-refractivity contribution >= 4 is 40.9 Å². The van der Waals surface area contributed by atoms with E-state index >= 15 is 0 Å². The van der Waals surface area contributed by atoms with Gasteiger partial charge in [0.05, 0.1) is 10.6 Å². The highest BCUT2D eigenvalue weighted by Gasteiger charge is 2.34. The minimum absolute atomic E-state index is 0.193. The lowest BCUT2D eigenvalue weighted by Crippen LogP contribution is -2.35. The van der Waals surface area contributed by atoms with Gasteiger partial charge in [-0.05, 0) is 42.3 Å². The van der Waals surface area contributed by atoms with Crippen molar-refractivity contribution in [3.63, 3.8) is 0 Å². The van der Waals surface area contributed by atoms with Gasteiger partial charge >= 0.3 is 5.69 Å². The Morgan fingerprint density at radius 1 is 1.23 bits per heavy atom. The van der Waals surface area contributed by atoms with Gasteiger partial charge in [-0.3, -0.25) is 25.1 Å². The maximum Gasteiger partial charge on any atom is 0.311 e. The van der Waals surface area contributed by atoms with Crippen LogP contribution in [0, 0.1) is 17.0 Å². The molecule has 2 aromatic rings. The van der Waals surface area contributed by atoms with Crippen molar-refractivity contribution in [1.82, 2.24) is 5.43 Å². The zero-order valence-electron chi connectivity index (χ0n) is 13.4. The average Bonchev–Trinajstić information content (AvgIpc) is 2.87. The Hall–Kier alpha value is -3.39. The number of phenols is 1. The van der Waals surface area contributed by atoms with Gasteiger partial charge in [0.25, 0.3) is 11.8 Å². The quantitative estimate of drug-likeness (QED) is 0.372. The summed E-state index contributed by atoms with van der Waals surface area (Å²) in [5.74, 6) is -1.77. The molecule has 0 saturated carbocycles. The fourth-order valence-electron chi connectivity index (χ4n) is 2.40. The van der Waals surface area contributed by atoms with Gasteiger partial charge in [-0.1, -0.05) is 23.7 Å². The molecule has 8 nitrogen and oxygen atoms in total. The van der Waals surface area contributed by atoms with Gasteiger partial charge in [0.15, 0.2) is 5.75 Å². The first-order valence-electron chi connectivity index (χ1n) is 7.38. The number of benzene rings is 2. The molecule has 0 bridgehead atoms. The number of nitrogens with zero attached hydrogens (tertiary/aromatic N) is 2. The van der Waals surface area contributed by atoms with Crippen molar-refractivity contribution < 1.29 is 19.6 Å². The SMILES string of the molecule is Cc1ccc(N2NC(=O)/C(=C/c3ccc(O)c([N+](=O)[O-])c3)C2=O)cc1Cl. The third-order valence-electron chi connectivity index (χ3n) is 3.81. The predicted octanol–water partition coefficient (Wildman–Crippen LogP) is 2.72. The fraction of sp³-hybridized carbons (Fsp3) is 0.0588. The number of hydrazine groups is 1. The molecule has 0 aliphatic carbocycles. The molecule has 1 aliphatic rings. The molecule has 3 rings (SSSR count). The normalized spacial score (nSPS) is 15.5. The number of aromatic hydroxyl groups is 1. The number of anilines is 1. The van der Waals surface area contributed by atoms with E-state index < -0.39 is 28.2 Å². The number of carbonyl (C=O) groups is 2. The fourth-order valence-corrected chi connectivity index (χ4v) is 2.58. The average molecular weight is 374 g/mol. The summed E-state index contributed by atoms with van der Waals surface area (Å²) >= 11 is 6.05. The molecule has 26 heavy (non-hydrogen) atoms. The number of hydrogen-bond acceptors (Lipinski definition) is 5. The number of aryl methyl sites for hydroxylation is 1. The lowest BCUT2D eigenvalue weighted by molar-refractivity contribution is -0.385. The molecule has 132 valence electrons. The number of halogens is 1. The number of amides is 2. The molecular formula is C17H12ClN3O5. The van der Waals surface area contributed by atoms with Crippen molar-refractivity contribution in [1.29, 1.82) is 0 Å². The highest BCUT2D eigenvalue weighted by Crippen LogP contribution is 2.29. The standard InChI is InChI=1S/C17H12ClN3O5/c1-9-2-4-11(8-13(9)18)20-17(24)12(16(23)19-20)6-10-3-5-15(22)14(7-10)21(25)26/h2-8,22H,1H3,(H,19,23)/b12-6-. The van der Waals surface area contributed by atoms with Crippen LogP contribution in [0.5, 0.6) is 5.75 Å². The number of hydrogen-bond donors (Lipinski definition) is 2. The van der Waals surface area contributed by atoms with Gasteiger partial charge in [-0.2, -0.15) is 0 Å². The first-order chi connectivity index (χ1) is 12.3. The maximum atomic E-state index is 12.6. The summed E-state index contributed by atoms with van der Waals surface area (Å²) in [4.78, 5) is 34.8. The van der Waals surface area contributed by atoms with Crippen LogP contribution in [0.25, 0.3) is 6.08 Å². The molecule has 2 amide bonds. The van der Waals surface area contributed by atoms with Gasteiger partial charge in [-0.15, -0.1) is 0 Å². The largest absolute Gasteiger partial charge is 0.502 e. The van der Waals surface area contributed by atoms with E-state index in [2.05, 4.69) is 5.43 Å². The van der Waals surface area contributed by atoms with E-state index in [-0.39, 0.29) is 11.1 Å². The second-order valence-corrected chi connectivity index (χ2v) is 5.99. The Labute approximate surface area is 152 Å². The van der Waals surface area contributed by atoms with Gasteiger partial charge in [0, 0.05) is 11.1 Å². The van der Waals surface area contributed by atoms with Gasteiger partial charge in [0.2, 0.25) is 0 Å². The number of nitro groups is 1. The van der Waals surface area contributed by atoms with Crippen LogP contribution in [0.15, 0.2) is 42.0 Å². The van der Waals surface area contributed by atoms with Crippen LogP contribution in [-0.4, -0.2) is 21.8 Å². The molecule has 2 N–H and O–H groups in total. The Kier molecular flexibility index (Phi) is 4.35. The number of phenolic OH excluding ortho intramolecular Hbond substituents is 1. The molecular weight excluding hydrogens is 362 g/mol. The maximum absolute atomic E-state index is 12.6. The minimum atomic E-state index is -0.755. The zero-order valence-corrected chi connectivity index (χ0v) is 14.1. The van der Waals surface area contributed by atoms with Crippen LogP contribution in [-0.2, 0) is 9.59 Å². The number of nitrogens with one attached hydrogen (secondary N) is 1. The molecule has 1 heterocycles. The first kappa shape index (κ1) is 17.4. The lowest BCUT2D eigenvalue weighted by Gasteiger charge is -2.15. The summed E-state index contributed by atoms with van der Waals surface area (Å²) in [5, 5.41) is 21.9. The summed E-state index contributed by atoms with van der Waals surface area (Å²) < 4.78 is 0. The second kappa shape index (κ2) is 6.49. The minimum Gasteiger partial charge on any atom is -0.502 e. The first-order valence-corrected chi connectivity index (χ1v) is 7.76. The Morgan fingerprint density at radius 2 is 1.96 bits per heavy atom. The molecule has 9 heteroatoms. The summed E-state index contributed by atoms with van der Waals surface area (Å²) in [6.45, 7) is 1.81. The van der Waals surface area contributed by atoms with E-state index in [0.717, 1.165) is 22.7 Å². The van der Waals surface area contributed by atoms with E-state index in [0.29, 0.717) is 10.7 Å². The smallest absolute Gasteiger partial charge is 0.311 e. The summed E-state index contributed by atoms with van der Waals surface area (Å²) in [6.07, 6.45) is 1.22. The van der Waals surface area contributed by atoms with Crippen LogP contribution < -0.4 is 10.4 Å². The van der Waals surface area contributed by atoms with Crippen LogP contribution >= 0.6 is 11.6 Å². The molecule has 0 radical (unpaired) electrons. The molecule has 2 aromatic carbocycles. The van der Waals surface area contributed by atoms with Gasteiger partial charge in [-0.25, -0.2) is 5.01 Å². The van der Waals surface area contributed by atoms with Crippen molar-refractivity contribution in [3.8, 4) is 5.75 Å².